The first-order chi connectivity index (χ1) is 5.95. The summed E-state index contributed by atoms with van der Waals surface area (Å²) in [5.74, 6) is 0. The predicted octanol–water partition coefficient (Wildman–Crippen LogP) is 0.799. The van der Waals surface area contributed by atoms with Crippen LogP contribution in [0.15, 0.2) is 23.1 Å². The van der Waals surface area contributed by atoms with Crippen LogP contribution in [0, 0.1) is 11.3 Å². The summed E-state index contributed by atoms with van der Waals surface area (Å²) in [6, 6.07) is 5.00. The lowest BCUT2D eigenvalue weighted by Crippen LogP contribution is -1.99. The molecule has 1 aromatic rings. The van der Waals surface area contributed by atoms with Crippen molar-refractivity contribution in [2.45, 2.75) is 4.90 Å². The van der Waals surface area contributed by atoms with Crippen LogP contribution in [0.4, 0.5) is 9.57 Å². The number of nitrogens with two attached hydrogens (primary N) is 1. The van der Waals surface area contributed by atoms with Crippen LogP contribution in [-0.2, 0) is 10.2 Å². The minimum atomic E-state index is -4.79. The summed E-state index contributed by atoms with van der Waals surface area (Å²) in [6.07, 6.45) is 0. The van der Waals surface area contributed by atoms with Gasteiger partial charge in [0.15, 0.2) is 0 Å². The lowest BCUT2D eigenvalue weighted by Gasteiger charge is -1.99. The van der Waals surface area contributed by atoms with Gasteiger partial charge < -0.3 is 5.73 Å². The molecule has 6 heteroatoms. The summed E-state index contributed by atoms with van der Waals surface area (Å²) in [7, 11) is -4.79. The summed E-state index contributed by atoms with van der Waals surface area (Å²) in [5, 5.41) is 8.41. The fraction of sp³-hybridized carbons (Fsp3) is 0. The van der Waals surface area contributed by atoms with Crippen molar-refractivity contribution in [1.29, 1.82) is 5.26 Å². The topological polar surface area (TPSA) is 84.0 Å². The van der Waals surface area contributed by atoms with E-state index in [9.17, 15) is 12.3 Å². The van der Waals surface area contributed by atoms with Crippen molar-refractivity contribution in [3.63, 3.8) is 0 Å². The Bertz CT molecular complexity index is 476. The monoisotopic (exact) mass is 200 g/mol. The first kappa shape index (κ1) is 9.48. The molecule has 0 aliphatic heterocycles. The van der Waals surface area contributed by atoms with Gasteiger partial charge in [0.25, 0.3) is 0 Å². The van der Waals surface area contributed by atoms with Gasteiger partial charge in [0.05, 0.1) is 17.3 Å². The molecule has 0 amide bonds. The molecule has 0 bridgehead atoms. The summed E-state index contributed by atoms with van der Waals surface area (Å²) in [6.45, 7) is 0. The Morgan fingerprint density at radius 1 is 1.46 bits per heavy atom. The van der Waals surface area contributed by atoms with Crippen molar-refractivity contribution in [1.82, 2.24) is 0 Å². The molecule has 13 heavy (non-hydrogen) atoms. The zero-order chi connectivity index (χ0) is 10.1. The van der Waals surface area contributed by atoms with Gasteiger partial charge in [-0.15, -0.1) is 3.89 Å². The Morgan fingerprint density at radius 2 is 2.08 bits per heavy atom. The van der Waals surface area contributed by atoms with Gasteiger partial charge in [0, 0.05) is 0 Å². The van der Waals surface area contributed by atoms with E-state index in [0.29, 0.717) is 0 Å². The molecular weight excluding hydrogens is 195 g/mol. The van der Waals surface area contributed by atoms with Crippen LogP contribution in [0.5, 0.6) is 0 Å². The molecule has 0 heterocycles. The Kier molecular flexibility index (Phi) is 2.21. The van der Waals surface area contributed by atoms with Crippen LogP contribution in [0.1, 0.15) is 5.56 Å². The van der Waals surface area contributed by atoms with Gasteiger partial charge in [-0.25, -0.2) is 0 Å². The van der Waals surface area contributed by atoms with E-state index in [1.54, 1.807) is 6.07 Å². The minimum absolute atomic E-state index is 0.185. The van der Waals surface area contributed by atoms with Gasteiger partial charge in [-0.2, -0.15) is 13.7 Å². The average Bonchev–Trinajstić information content (AvgIpc) is 2.01. The second kappa shape index (κ2) is 3.03. The van der Waals surface area contributed by atoms with Crippen molar-refractivity contribution < 1.29 is 12.3 Å². The lowest BCUT2D eigenvalue weighted by molar-refractivity contribution is 0.552. The van der Waals surface area contributed by atoms with Crippen molar-refractivity contribution >= 4 is 15.9 Å². The third-order valence-electron chi connectivity index (χ3n) is 1.40. The van der Waals surface area contributed by atoms with E-state index in [2.05, 4.69) is 0 Å². The van der Waals surface area contributed by atoms with Gasteiger partial charge >= 0.3 is 10.2 Å². The van der Waals surface area contributed by atoms with Gasteiger partial charge in [0.2, 0.25) is 0 Å². The largest absolute Gasteiger partial charge is 0.398 e. The molecule has 0 saturated carbocycles. The summed E-state index contributed by atoms with van der Waals surface area (Å²) >= 11 is 0. The van der Waals surface area contributed by atoms with Crippen LogP contribution in [0.3, 0.4) is 0 Å². The molecule has 0 fully saturated rings. The third-order valence-corrected chi connectivity index (χ3v) is 2.30. The molecule has 0 saturated heterocycles. The fourth-order valence-electron chi connectivity index (χ4n) is 0.840. The Morgan fingerprint density at radius 3 is 2.46 bits per heavy atom. The molecule has 0 aliphatic carbocycles. The lowest BCUT2D eigenvalue weighted by atomic mass is 10.2. The SMILES string of the molecule is N#Cc1ccc(S(=O)(=O)F)c(N)c1. The van der Waals surface area contributed by atoms with Crippen LogP contribution in [0.25, 0.3) is 0 Å². The highest BCUT2D eigenvalue weighted by molar-refractivity contribution is 7.86. The maximum absolute atomic E-state index is 12.4. The van der Waals surface area contributed by atoms with Crippen LogP contribution >= 0.6 is 0 Å². The predicted molar refractivity (Wildman–Crippen MR) is 43.9 cm³/mol. The van der Waals surface area contributed by atoms with E-state index in [4.69, 9.17) is 11.0 Å². The highest BCUT2D eigenvalue weighted by Crippen LogP contribution is 2.20. The second-order valence-electron chi connectivity index (χ2n) is 2.30. The van der Waals surface area contributed by atoms with Crippen molar-refractivity contribution in [3.05, 3.63) is 23.8 Å². The number of rotatable bonds is 1. The Labute approximate surface area is 74.6 Å². The maximum Gasteiger partial charge on any atom is 0.334 e. The van der Waals surface area contributed by atoms with E-state index in [0.717, 1.165) is 12.1 Å². The third kappa shape index (κ3) is 1.95. The smallest absolute Gasteiger partial charge is 0.334 e. The Hall–Kier alpha value is -1.61. The van der Waals surface area contributed by atoms with E-state index < -0.39 is 15.1 Å². The van der Waals surface area contributed by atoms with Crippen molar-refractivity contribution in [2.24, 2.45) is 0 Å². The molecule has 0 unspecified atom stereocenters. The maximum atomic E-state index is 12.4. The van der Waals surface area contributed by atoms with Gasteiger partial charge in [-0.1, -0.05) is 0 Å². The zero-order valence-electron chi connectivity index (χ0n) is 6.36. The molecule has 0 aliphatic rings. The van der Waals surface area contributed by atoms with E-state index >= 15 is 0 Å². The molecule has 1 aromatic carbocycles. The number of nitrogen functional groups attached to an aromatic ring is 1. The highest BCUT2D eigenvalue weighted by Gasteiger charge is 2.15. The molecule has 2 N–H and O–H groups in total. The molecule has 0 spiro atoms. The molecule has 0 aromatic heterocycles. The fourth-order valence-corrected chi connectivity index (χ4v) is 1.41. The first-order valence-corrected chi connectivity index (χ1v) is 4.58. The number of anilines is 1. The van der Waals surface area contributed by atoms with Crippen LogP contribution in [-0.4, -0.2) is 8.42 Å². The van der Waals surface area contributed by atoms with Gasteiger partial charge in [-0.3, -0.25) is 0 Å². The molecule has 0 radical (unpaired) electrons. The molecule has 4 nitrogen and oxygen atoms in total. The first-order valence-electron chi connectivity index (χ1n) is 3.19. The number of halogens is 1. The molecular formula is C7H5FN2O2S. The van der Waals surface area contributed by atoms with E-state index in [-0.39, 0.29) is 11.3 Å². The van der Waals surface area contributed by atoms with E-state index in [1.807, 2.05) is 0 Å². The van der Waals surface area contributed by atoms with Crippen molar-refractivity contribution in [2.75, 3.05) is 5.73 Å². The summed E-state index contributed by atoms with van der Waals surface area (Å²) < 4.78 is 33.3. The summed E-state index contributed by atoms with van der Waals surface area (Å²) in [5.41, 5.74) is 5.14. The van der Waals surface area contributed by atoms with Crippen LogP contribution in [0.2, 0.25) is 0 Å². The molecule has 0 atom stereocenters. The second-order valence-corrected chi connectivity index (χ2v) is 3.62. The normalized spacial score (nSPS) is 10.8. The highest BCUT2D eigenvalue weighted by atomic mass is 32.3. The quantitative estimate of drug-likeness (QED) is 0.536. The number of hydrogen-bond acceptors (Lipinski definition) is 4. The average molecular weight is 200 g/mol. The molecule has 68 valence electrons. The van der Waals surface area contributed by atoms with Crippen molar-refractivity contribution in [3.8, 4) is 6.07 Å². The number of nitriles is 1. The van der Waals surface area contributed by atoms with Gasteiger partial charge in [-0.05, 0) is 18.2 Å². The number of benzene rings is 1. The number of hydrogen-bond donors (Lipinski definition) is 1. The Balaban J connectivity index is 3.40. The molecule has 1 rings (SSSR count). The standard InChI is InChI=1S/C7H5FN2O2S/c8-13(11,12)7-2-1-5(4-9)3-6(7)10/h1-3H,10H2. The van der Waals surface area contributed by atoms with E-state index in [1.165, 1.54) is 6.07 Å². The van der Waals surface area contributed by atoms with Gasteiger partial charge in [0.1, 0.15) is 4.90 Å². The summed E-state index contributed by atoms with van der Waals surface area (Å²) in [4.78, 5) is -0.605. The van der Waals surface area contributed by atoms with Crippen LogP contribution < -0.4 is 5.73 Å². The number of nitrogens with zero attached hydrogens (tertiary/aromatic N) is 1. The zero-order valence-corrected chi connectivity index (χ0v) is 7.18. The minimum Gasteiger partial charge on any atom is -0.398 e.